The molecule has 0 saturated heterocycles. The number of hydrogen-bond donors (Lipinski definition) is 4. The molecule has 20 heteroatoms. The number of aliphatic hydroxyl groups excluding tert-OH is 2. The number of rotatable bonds is 11. The number of amides is 2. The van der Waals surface area contributed by atoms with Crippen LogP contribution < -0.4 is 69.7 Å². The standard InChI is InChI=1S/C34H32N6O10S2.2Na/c1-19-15-25(29(51(45,46)47)17-27(19)37-39-31(21(3)41)33(43)35-23-11-7-5-8-12-23)26-16-20(2)28(18-30(26)52(48,49)50)38-40-32(22(4)42)34(44)36-24-13-9-6-10-14-24;;/h5-18,41-42H,1-4H3,(H,35,43)(H,36,44)(H,45,46,47)(H,48,49,50);;/q;2*+1/p-2. The molecule has 0 bridgehead atoms. The fraction of sp³-hybridized carbons (Fsp3) is 0.118. The van der Waals surface area contributed by atoms with E-state index in [1.165, 1.54) is 27.7 Å². The van der Waals surface area contributed by atoms with Crippen molar-refractivity contribution < 1.29 is 105 Å². The zero-order chi connectivity index (χ0) is 38.4. The van der Waals surface area contributed by atoms with E-state index < -0.39 is 75.9 Å². The summed E-state index contributed by atoms with van der Waals surface area (Å²) in [5, 5.41) is 40.5. The van der Waals surface area contributed by atoms with Crippen LogP contribution in [0.25, 0.3) is 11.1 Å². The van der Waals surface area contributed by atoms with E-state index in [0.29, 0.717) is 11.4 Å². The molecular formula is C34H30N6Na2O10S2. The summed E-state index contributed by atoms with van der Waals surface area (Å²) < 4.78 is 75.2. The number of carbonyl (C=O) groups excluding carboxylic acids is 2. The average molecular weight is 793 g/mol. The molecular weight excluding hydrogens is 763 g/mol. The normalized spacial score (nSPS) is 12.6. The minimum atomic E-state index is -5.39. The van der Waals surface area contributed by atoms with Crippen LogP contribution in [0.4, 0.5) is 22.7 Å². The Labute approximate surface area is 355 Å². The zero-order valence-electron chi connectivity index (χ0n) is 29.8. The van der Waals surface area contributed by atoms with Crippen LogP contribution in [0.2, 0.25) is 0 Å². The molecule has 16 nitrogen and oxygen atoms in total. The molecule has 0 spiro atoms. The van der Waals surface area contributed by atoms with Crippen LogP contribution in [0.3, 0.4) is 0 Å². The SMILES string of the molecule is CC(O)=C(N=Nc1cc(S(=O)(=O)[O-])c(-c2cc(C)c(N=NC(C(=O)Nc3ccccc3)=C(C)O)cc2S(=O)(=O)[O-])cc1C)C(=O)Nc1ccccc1.[Na+].[Na+]. The van der Waals surface area contributed by atoms with Gasteiger partial charge in [0, 0.05) is 22.5 Å². The van der Waals surface area contributed by atoms with Gasteiger partial charge in [0.1, 0.15) is 31.8 Å². The second-order valence-electron chi connectivity index (χ2n) is 11.1. The predicted molar refractivity (Wildman–Crippen MR) is 187 cm³/mol. The molecule has 0 saturated carbocycles. The number of azo groups is 2. The van der Waals surface area contributed by atoms with E-state index in [1.807, 2.05) is 0 Å². The number of anilines is 2. The average Bonchev–Trinajstić information content (AvgIpc) is 3.05. The maximum absolute atomic E-state index is 12.8. The predicted octanol–water partition coefficient (Wildman–Crippen LogP) is 0.810. The third-order valence-electron chi connectivity index (χ3n) is 7.12. The number of aliphatic hydroxyl groups is 2. The van der Waals surface area contributed by atoms with Gasteiger partial charge in [-0.2, -0.15) is 0 Å². The van der Waals surface area contributed by atoms with E-state index in [-0.39, 0.29) is 81.6 Å². The quantitative estimate of drug-likeness (QED) is 0.0546. The van der Waals surface area contributed by atoms with Crippen molar-refractivity contribution in [2.45, 2.75) is 37.5 Å². The third-order valence-corrected chi connectivity index (χ3v) is 8.87. The van der Waals surface area contributed by atoms with Gasteiger partial charge in [-0.15, -0.1) is 20.5 Å². The summed E-state index contributed by atoms with van der Waals surface area (Å²) in [4.78, 5) is 23.6. The van der Waals surface area contributed by atoms with Gasteiger partial charge in [-0.05, 0) is 87.4 Å². The zero-order valence-corrected chi connectivity index (χ0v) is 35.5. The number of aryl methyl sites for hydroxylation is 2. The van der Waals surface area contributed by atoms with Crippen molar-refractivity contribution in [3.05, 3.63) is 119 Å². The molecule has 54 heavy (non-hydrogen) atoms. The molecule has 0 fully saturated rings. The van der Waals surface area contributed by atoms with Crippen molar-refractivity contribution in [1.82, 2.24) is 0 Å². The fourth-order valence-electron chi connectivity index (χ4n) is 4.60. The summed E-state index contributed by atoms with van der Waals surface area (Å²) in [5.41, 5.74) is -1.51. The molecule has 4 rings (SSSR count). The fourth-order valence-corrected chi connectivity index (χ4v) is 5.99. The van der Waals surface area contributed by atoms with Crippen LogP contribution in [0.5, 0.6) is 0 Å². The van der Waals surface area contributed by atoms with E-state index in [9.17, 15) is 45.7 Å². The first-order valence-corrected chi connectivity index (χ1v) is 17.8. The van der Waals surface area contributed by atoms with Crippen molar-refractivity contribution in [2.24, 2.45) is 20.5 Å². The Balaban J connectivity index is 0.00000504. The van der Waals surface area contributed by atoms with Gasteiger partial charge in [-0.3, -0.25) is 9.59 Å². The number of benzene rings is 4. The van der Waals surface area contributed by atoms with Crippen LogP contribution in [0.1, 0.15) is 25.0 Å². The van der Waals surface area contributed by atoms with Crippen LogP contribution in [-0.4, -0.2) is 48.0 Å². The van der Waals surface area contributed by atoms with Gasteiger partial charge in [-0.1, -0.05) is 36.4 Å². The Kier molecular flexibility index (Phi) is 16.6. The van der Waals surface area contributed by atoms with Crippen LogP contribution in [-0.2, 0) is 29.8 Å². The van der Waals surface area contributed by atoms with Crippen LogP contribution in [0.15, 0.2) is 138 Å². The monoisotopic (exact) mass is 792 g/mol. The summed E-state index contributed by atoms with van der Waals surface area (Å²) >= 11 is 0. The van der Waals surface area contributed by atoms with E-state index in [4.69, 9.17) is 0 Å². The first-order valence-electron chi connectivity index (χ1n) is 14.9. The van der Waals surface area contributed by atoms with Gasteiger partial charge in [-0.25, -0.2) is 16.8 Å². The Morgan fingerprint density at radius 1 is 0.593 bits per heavy atom. The molecule has 2 amide bonds. The second kappa shape index (κ2) is 19.5. The minimum absolute atomic E-state index is 0. The Bertz CT molecular complexity index is 2230. The number of nitrogens with zero attached hydrogens (tertiary/aromatic N) is 4. The summed E-state index contributed by atoms with van der Waals surface area (Å²) in [6, 6.07) is 20.1. The van der Waals surface area contributed by atoms with Crippen molar-refractivity contribution >= 4 is 54.8 Å². The summed E-state index contributed by atoms with van der Waals surface area (Å²) in [5.74, 6) is -2.77. The van der Waals surface area contributed by atoms with Gasteiger partial charge >= 0.3 is 59.1 Å². The molecule has 0 aromatic heterocycles. The summed E-state index contributed by atoms with van der Waals surface area (Å²) in [6.45, 7) is 5.15. The van der Waals surface area contributed by atoms with Gasteiger partial charge in [0.15, 0.2) is 11.4 Å². The molecule has 4 aromatic rings. The number of carbonyl (C=O) groups is 2. The summed E-state index contributed by atoms with van der Waals surface area (Å²) in [6.07, 6.45) is 0. The Hall–Kier alpha value is -4.08. The number of hydrogen-bond acceptors (Lipinski definition) is 14. The number of para-hydroxylation sites is 2. The Morgan fingerprint density at radius 3 is 1.19 bits per heavy atom. The smallest absolute Gasteiger partial charge is 0.744 e. The second-order valence-corrected chi connectivity index (χ2v) is 13.8. The third kappa shape index (κ3) is 12.0. The van der Waals surface area contributed by atoms with E-state index in [0.717, 1.165) is 24.3 Å². The molecule has 0 unspecified atom stereocenters. The van der Waals surface area contributed by atoms with E-state index in [2.05, 4.69) is 31.1 Å². The molecule has 0 atom stereocenters. The largest absolute Gasteiger partial charge is 1.00 e. The van der Waals surface area contributed by atoms with Gasteiger partial charge in [0.05, 0.1) is 21.2 Å². The van der Waals surface area contributed by atoms with Crippen LogP contribution in [0, 0.1) is 13.8 Å². The molecule has 0 aliphatic heterocycles. The number of allylic oxidation sites excluding steroid dienone is 2. The van der Waals surface area contributed by atoms with E-state index >= 15 is 0 Å². The molecule has 270 valence electrons. The van der Waals surface area contributed by atoms with E-state index in [1.54, 1.807) is 60.7 Å². The topological polar surface area (TPSA) is 262 Å². The van der Waals surface area contributed by atoms with Crippen molar-refractivity contribution in [2.75, 3.05) is 10.6 Å². The van der Waals surface area contributed by atoms with Crippen molar-refractivity contribution in [1.29, 1.82) is 0 Å². The number of nitrogens with one attached hydrogen (secondary N) is 2. The molecule has 0 aliphatic rings. The minimum Gasteiger partial charge on any atom is -0.744 e. The first kappa shape index (κ1) is 46.1. The van der Waals surface area contributed by atoms with Gasteiger partial charge < -0.3 is 30.0 Å². The van der Waals surface area contributed by atoms with Gasteiger partial charge in [0.2, 0.25) is 0 Å². The molecule has 0 radical (unpaired) electrons. The Morgan fingerprint density at radius 2 is 0.907 bits per heavy atom. The molecule has 4 N–H and O–H groups in total. The molecule has 0 aliphatic carbocycles. The summed E-state index contributed by atoms with van der Waals surface area (Å²) in [7, 11) is -10.8. The molecule has 0 heterocycles. The van der Waals surface area contributed by atoms with Crippen molar-refractivity contribution in [3.8, 4) is 11.1 Å². The van der Waals surface area contributed by atoms with Gasteiger partial charge in [0.25, 0.3) is 11.8 Å². The maximum atomic E-state index is 12.8. The van der Waals surface area contributed by atoms with Crippen LogP contribution >= 0.6 is 0 Å². The maximum Gasteiger partial charge on any atom is 1.00 e. The first-order chi connectivity index (χ1) is 24.4. The van der Waals surface area contributed by atoms with Crippen molar-refractivity contribution in [3.63, 3.8) is 0 Å². The molecule has 4 aromatic carbocycles.